The maximum atomic E-state index is 9.98. The van der Waals surface area contributed by atoms with Crippen LogP contribution in [0, 0.1) is 0 Å². The fraction of sp³-hybridized carbons (Fsp3) is 0.400. The predicted molar refractivity (Wildman–Crippen MR) is 48.9 cm³/mol. The third-order valence-electron chi connectivity index (χ3n) is 0.813. The summed E-state index contributed by atoms with van der Waals surface area (Å²) in [4.78, 5) is 20.0. The molecule has 0 bridgehead atoms. The van der Waals surface area contributed by atoms with Crippen molar-refractivity contribution in [3.8, 4) is 0 Å². The Morgan fingerprint density at radius 3 is 1.00 bits per heavy atom. The van der Waals surface area contributed by atoms with Crippen LogP contribution in [0.4, 0.5) is 0 Å². The first-order valence-corrected chi connectivity index (χ1v) is 3.97. The van der Waals surface area contributed by atoms with E-state index in [1.54, 1.807) is 0 Å². The van der Waals surface area contributed by atoms with E-state index in [1.807, 2.05) is 0 Å². The average molecular weight is 393 g/mol. The molecule has 0 aromatic heterocycles. The van der Waals surface area contributed by atoms with E-state index in [2.05, 4.69) is 0 Å². The van der Waals surface area contributed by atoms with E-state index < -0.39 is 0 Å². The van der Waals surface area contributed by atoms with Gasteiger partial charge in [-0.1, -0.05) is 13.8 Å². The summed E-state index contributed by atoms with van der Waals surface area (Å²) in [7, 11) is 0. The number of hydrogen-bond donors (Lipinski definition) is 0. The number of carbonyl (C=O) groups excluding carboxylic acids is 2. The molecule has 0 aromatic rings. The molecule has 0 aliphatic heterocycles. The summed E-state index contributed by atoms with van der Waals surface area (Å²) >= 11 is 0. The zero-order valence-corrected chi connectivity index (χ0v) is 11.4. The molecule has 0 rings (SSSR count). The van der Waals surface area contributed by atoms with Crippen molar-refractivity contribution in [1.29, 1.82) is 0 Å². The van der Waals surface area contributed by atoms with Crippen LogP contribution in [-0.4, -0.2) is 11.6 Å². The molecule has 0 heterocycles. The maximum absolute atomic E-state index is 9.98. The Morgan fingerprint density at radius 1 is 0.800 bits per heavy atom. The number of carbonyl (C=O) groups is 2. The van der Waals surface area contributed by atoms with Crippen LogP contribution in [0.15, 0.2) is 23.7 Å². The molecular weight excluding hydrogens is 379 g/mol. The smallest absolute Gasteiger partial charge is 0.876 e. The second-order valence-electron chi connectivity index (χ2n) is 2.73. The van der Waals surface area contributed by atoms with Crippen LogP contribution in [0.25, 0.3) is 0 Å². The first-order valence-electron chi connectivity index (χ1n) is 3.97. The molecule has 0 radical (unpaired) electrons. The van der Waals surface area contributed by atoms with Crippen molar-refractivity contribution in [3.63, 3.8) is 0 Å². The fourth-order valence-electron chi connectivity index (χ4n) is 0.572. The summed E-state index contributed by atoms with van der Waals surface area (Å²) in [5, 5.41) is 20.0. The molecule has 0 aliphatic rings. The van der Waals surface area contributed by atoms with Crippen LogP contribution in [0.1, 0.15) is 27.7 Å². The number of hydrogen-bond acceptors (Lipinski definition) is 4. The molecule has 0 amide bonds. The van der Waals surface area contributed by atoms with E-state index in [4.69, 9.17) is 0 Å². The van der Waals surface area contributed by atoms with Crippen LogP contribution in [0.2, 0.25) is 0 Å². The van der Waals surface area contributed by atoms with E-state index >= 15 is 0 Å². The third kappa shape index (κ3) is 32.0. The van der Waals surface area contributed by atoms with Crippen LogP contribution in [0.5, 0.6) is 0 Å². The summed E-state index contributed by atoms with van der Waals surface area (Å²) in [5.41, 5.74) is 0. The monoisotopic (exact) mass is 393 g/mol. The van der Waals surface area contributed by atoms with E-state index in [1.165, 1.54) is 27.7 Å². The van der Waals surface area contributed by atoms with E-state index in [0.29, 0.717) is 0 Å². The zero-order chi connectivity index (χ0) is 11.7. The van der Waals surface area contributed by atoms with Gasteiger partial charge in [-0.05, 0) is 26.0 Å². The van der Waals surface area contributed by atoms with Crippen molar-refractivity contribution in [1.82, 2.24) is 0 Å². The second kappa shape index (κ2) is 11.2. The van der Waals surface area contributed by atoms with Crippen LogP contribution in [0.3, 0.4) is 0 Å². The van der Waals surface area contributed by atoms with Gasteiger partial charge in [0.25, 0.3) is 0 Å². The molecule has 4 nitrogen and oxygen atoms in total. The molecule has 88 valence electrons. The molecule has 0 atom stereocenters. The Morgan fingerprint density at radius 2 is 1.00 bits per heavy atom. The Bertz CT molecular complexity index is 231. The van der Waals surface area contributed by atoms with Gasteiger partial charge in [-0.15, -0.1) is 11.5 Å². The van der Waals surface area contributed by atoms with Crippen molar-refractivity contribution >= 4 is 11.6 Å². The van der Waals surface area contributed by atoms with E-state index in [-0.39, 0.29) is 44.2 Å². The fourth-order valence-corrected chi connectivity index (χ4v) is 0.572. The molecule has 0 saturated heterocycles. The first-order chi connectivity index (χ1) is 6.25. The largest absolute Gasteiger partial charge is 2.00 e. The molecule has 5 heteroatoms. The summed E-state index contributed by atoms with van der Waals surface area (Å²) < 4.78 is 0. The SMILES string of the molecule is CC(=O)/C=C(/C)[O-].CC(=O)/C=C(/C)[O-].[Pt+2]. The van der Waals surface area contributed by atoms with Crippen molar-refractivity contribution in [2.24, 2.45) is 0 Å². The van der Waals surface area contributed by atoms with Gasteiger partial charge in [0.2, 0.25) is 0 Å². The topological polar surface area (TPSA) is 80.3 Å². The standard InChI is InChI=1S/2C5H8O2.Pt/c2*1-4(6)3-5(2)7;/h2*3,6H,1-2H3;/q;;+2/p-2/b2*4-3-;. The minimum absolute atomic E-state index is 0. The quantitative estimate of drug-likeness (QED) is 0.476. The number of rotatable bonds is 2. The van der Waals surface area contributed by atoms with Gasteiger partial charge in [0.1, 0.15) is 0 Å². The summed E-state index contributed by atoms with van der Waals surface area (Å²) in [6.07, 6.45) is 2.11. The van der Waals surface area contributed by atoms with Crippen molar-refractivity contribution < 1.29 is 40.9 Å². The van der Waals surface area contributed by atoms with Gasteiger partial charge in [-0.3, -0.25) is 9.59 Å². The van der Waals surface area contributed by atoms with Crippen LogP contribution in [-0.2, 0) is 30.7 Å². The number of ketones is 2. The normalized spacial score (nSPS) is 10.7. The van der Waals surface area contributed by atoms with Gasteiger partial charge < -0.3 is 10.2 Å². The predicted octanol–water partition coefficient (Wildman–Crippen LogP) is -0.324. The third-order valence-corrected chi connectivity index (χ3v) is 0.813. The Kier molecular flexibility index (Phi) is 14.6. The van der Waals surface area contributed by atoms with Crippen molar-refractivity contribution in [2.45, 2.75) is 27.7 Å². The Labute approximate surface area is 104 Å². The van der Waals surface area contributed by atoms with Gasteiger partial charge in [-0.25, -0.2) is 0 Å². The summed E-state index contributed by atoms with van der Waals surface area (Å²) in [6.45, 7) is 5.39. The van der Waals surface area contributed by atoms with E-state index in [0.717, 1.165) is 12.2 Å². The maximum Gasteiger partial charge on any atom is 2.00 e. The molecule has 0 N–H and O–H groups in total. The first kappa shape index (κ1) is 19.6. The minimum atomic E-state index is -0.187. The van der Waals surface area contributed by atoms with Crippen molar-refractivity contribution in [3.05, 3.63) is 23.7 Å². The van der Waals surface area contributed by atoms with Crippen LogP contribution < -0.4 is 10.2 Å². The molecule has 0 aromatic carbocycles. The molecule has 15 heavy (non-hydrogen) atoms. The second-order valence-corrected chi connectivity index (χ2v) is 2.73. The van der Waals surface area contributed by atoms with Crippen molar-refractivity contribution in [2.75, 3.05) is 0 Å². The van der Waals surface area contributed by atoms with Gasteiger partial charge in [0.05, 0.1) is 0 Å². The van der Waals surface area contributed by atoms with Gasteiger partial charge in [-0.2, -0.15) is 0 Å². The molecule has 0 fully saturated rings. The Balaban J connectivity index is -0.000000180. The molecule has 0 spiro atoms. The molecule has 0 unspecified atom stereocenters. The Hall–Kier alpha value is -0.892. The number of allylic oxidation sites excluding steroid dienone is 4. The minimum Gasteiger partial charge on any atom is -0.876 e. The zero-order valence-electron chi connectivity index (χ0n) is 9.10. The summed E-state index contributed by atoms with van der Waals surface area (Å²) in [6, 6.07) is 0. The molecule has 0 saturated carbocycles. The van der Waals surface area contributed by atoms with Gasteiger partial charge >= 0.3 is 21.1 Å². The van der Waals surface area contributed by atoms with Gasteiger partial charge in [0.15, 0.2) is 11.6 Å². The van der Waals surface area contributed by atoms with E-state index in [9.17, 15) is 19.8 Å². The molecule has 0 aliphatic carbocycles. The molecular formula is C10H14O4Pt. The van der Waals surface area contributed by atoms with Crippen LogP contribution >= 0.6 is 0 Å². The summed E-state index contributed by atoms with van der Waals surface area (Å²) in [5.74, 6) is -0.750. The van der Waals surface area contributed by atoms with Gasteiger partial charge in [0, 0.05) is 0 Å². The average Bonchev–Trinajstić information content (AvgIpc) is 1.79.